The Morgan fingerprint density at radius 3 is 2.29 bits per heavy atom. The fraction of sp³-hybridized carbons (Fsp3) is 0.867. The van der Waals surface area contributed by atoms with Crippen LogP contribution in [0.5, 0.6) is 0 Å². The molecule has 1 N–H and O–H groups in total. The molecule has 2 rings (SSSR count). The van der Waals surface area contributed by atoms with Crippen LogP contribution >= 0.6 is 0 Å². The number of rotatable bonds is 3. The number of aliphatic hydroxyl groups excluding tert-OH is 1. The molecule has 2 saturated heterocycles. The van der Waals surface area contributed by atoms with E-state index in [2.05, 4.69) is 0 Å². The Hall–Kier alpha value is -1.30. The molecule has 2 fully saturated rings. The van der Waals surface area contributed by atoms with E-state index in [0.29, 0.717) is 19.0 Å². The van der Waals surface area contributed by atoms with E-state index < -0.39 is 0 Å². The quantitative estimate of drug-likeness (QED) is 0.830. The van der Waals surface area contributed by atoms with Crippen molar-refractivity contribution in [3.8, 4) is 0 Å². The fourth-order valence-electron chi connectivity index (χ4n) is 3.31. The van der Waals surface area contributed by atoms with E-state index in [1.54, 1.807) is 19.0 Å². The summed E-state index contributed by atoms with van der Waals surface area (Å²) in [7, 11) is 3.51. The molecule has 0 bridgehead atoms. The smallest absolute Gasteiger partial charge is 0.319 e. The standard InChI is InChI=1S/C15H27N3O3/c1-16(2)15(21)17-8-4-13(5-9-17)14(20)18-7-3-12(11-18)6-10-19/h12-13,19H,3-11H2,1-2H3. The predicted molar refractivity (Wildman–Crippen MR) is 79.8 cm³/mol. The third kappa shape index (κ3) is 3.87. The molecule has 1 atom stereocenters. The van der Waals surface area contributed by atoms with Crippen LogP contribution < -0.4 is 0 Å². The number of piperidine rings is 1. The summed E-state index contributed by atoms with van der Waals surface area (Å²) in [6.45, 7) is 3.15. The zero-order valence-corrected chi connectivity index (χ0v) is 13.1. The average Bonchev–Trinajstić information content (AvgIpc) is 2.95. The average molecular weight is 297 g/mol. The summed E-state index contributed by atoms with van der Waals surface area (Å²) in [4.78, 5) is 29.7. The van der Waals surface area contributed by atoms with Gasteiger partial charge in [0, 0.05) is 52.8 Å². The summed E-state index contributed by atoms with van der Waals surface area (Å²) >= 11 is 0. The lowest BCUT2D eigenvalue weighted by Gasteiger charge is -2.34. The van der Waals surface area contributed by atoms with Crippen LogP contribution in [0.2, 0.25) is 0 Å². The van der Waals surface area contributed by atoms with Gasteiger partial charge in [-0.3, -0.25) is 4.79 Å². The zero-order chi connectivity index (χ0) is 15.4. The van der Waals surface area contributed by atoms with Crippen molar-refractivity contribution in [2.45, 2.75) is 25.7 Å². The second kappa shape index (κ2) is 7.11. The highest BCUT2D eigenvalue weighted by Crippen LogP contribution is 2.25. The summed E-state index contributed by atoms with van der Waals surface area (Å²) in [5, 5.41) is 8.98. The van der Waals surface area contributed by atoms with Crippen molar-refractivity contribution in [3.05, 3.63) is 0 Å². The molecular weight excluding hydrogens is 270 g/mol. The number of hydrogen-bond donors (Lipinski definition) is 1. The molecule has 0 aromatic rings. The van der Waals surface area contributed by atoms with Crippen LogP contribution in [0.15, 0.2) is 0 Å². The van der Waals surface area contributed by atoms with Crippen LogP contribution in [0.4, 0.5) is 4.79 Å². The molecule has 21 heavy (non-hydrogen) atoms. The zero-order valence-electron chi connectivity index (χ0n) is 13.1. The molecule has 2 aliphatic heterocycles. The second-order valence-electron chi connectivity index (χ2n) is 6.39. The molecule has 0 aromatic heterocycles. The van der Waals surface area contributed by atoms with Crippen molar-refractivity contribution in [2.24, 2.45) is 11.8 Å². The van der Waals surface area contributed by atoms with Gasteiger partial charge in [-0.25, -0.2) is 4.79 Å². The summed E-state index contributed by atoms with van der Waals surface area (Å²) < 4.78 is 0. The first-order chi connectivity index (χ1) is 10.0. The molecule has 0 radical (unpaired) electrons. The van der Waals surface area contributed by atoms with E-state index >= 15 is 0 Å². The monoisotopic (exact) mass is 297 g/mol. The van der Waals surface area contributed by atoms with Gasteiger partial charge in [0.25, 0.3) is 0 Å². The van der Waals surface area contributed by atoms with Gasteiger partial charge in [0.1, 0.15) is 0 Å². The number of urea groups is 1. The van der Waals surface area contributed by atoms with E-state index in [4.69, 9.17) is 5.11 Å². The third-order valence-electron chi connectivity index (χ3n) is 4.63. The number of hydrogen-bond acceptors (Lipinski definition) is 3. The van der Waals surface area contributed by atoms with Gasteiger partial charge in [-0.15, -0.1) is 0 Å². The normalized spacial score (nSPS) is 23.5. The molecule has 0 aromatic carbocycles. The molecule has 2 heterocycles. The number of likely N-dealkylation sites (tertiary alicyclic amines) is 2. The number of aliphatic hydroxyl groups is 1. The van der Waals surface area contributed by atoms with Crippen molar-refractivity contribution in [1.82, 2.24) is 14.7 Å². The third-order valence-corrected chi connectivity index (χ3v) is 4.63. The van der Waals surface area contributed by atoms with Crippen molar-refractivity contribution in [2.75, 3.05) is 46.9 Å². The van der Waals surface area contributed by atoms with Gasteiger partial charge in [-0.1, -0.05) is 0 Å². The molecule has 120 valence electrons. The topological polar surface area (TPSA) is 64.1 Å². The molecule has 3 amide bonds. The molecular formula is C15H27N3O3. The highest BCUT2D eigenvalue weighted by Gasteiger charge is 2.33. The summed E-state index contributed by atoms with van der Waals surface area (Å²) in [5.74, 6) is 0.755. The van der Waals surface area contributed by atoms with Crippen molar-refractivity contribution in [3.63, 3.8) is 0 Å². The van der Waals surface area contributed by atoms with Crippen LogP contribution in [0.1, 0.15) is 25.7 Å². The number of nitrogens with zero attached hydrogens (tertiary/aromatic N) is 3. The summed E-state index contributed by atoms with van der Waals surface area (Å²) in [5.41, 5.74) is 0. The minimum Gasteiger partial charge on any atom is -0.396 e. The fourth-order valence-corrected chi connectivity index (χ4v) is 3.31. The maximum absolute atomic E-state index is 12.5. The van der Waals surface area contributed by atoms with Gasteiger partial charge < -0.3 is 19.8 Å². The van der Waals surface area contributed by atoms with Gasteiger partial charge >= 0.3 is 6.03 Å². The lowest BCUT2D eigenvalue weighted by molar-refractivity contribution is -0.136. The Kier molecular flexibility index (Phi) is 5.45. The Morgan fingerprint density at radius 1 is 1.10 bits per heavy atom. The molecule has 6 nitrogen and oxygen atoms in total. The van der Waals surface area contributed by atoms with E-state index in [9.17, 15) is 9.59 Å². The SMILES string of the molecule is CN(C)C(=O)N1CCC(C(=O)N2CCC(CCO)C2)CC1. The Labute approximate surface area is 126 Å². The van der Waals surface area contributed by atoms with Crippen molar-refractivity contribution >= 4 is 11.9 Å². The number of carbonyl (C=O) groups is 2. The van der Waals surface area contributed by atoms with Crippen molar-refractivity contribution in [1.29, 1.82) is 0 Å². The number of amides is 3. The summed E-state index contributed by atoms with van der Waals surface area (Å²) in [6, 6.07) is 0.0325. The molecule has 1 unspecified atom stereocenters. The molecule has 0 aliphatic carbocycles. The first-order valence-corrected chi connectivity index (χ1v) is 7.88. The van der Waals surface area contributed by atoms with Crippen LogP contribution in [0.3, 0.4) is 0 Å². The Morgan fingerprint density at radius 2 is 1.71 bits per heavy atom. The Balaban J connectivity index is 1.80. The highest BCUT2D eigenvalue weighted by atomic mass is 16.3. The van der Waals surface area contributed by atoms with Gasteiger partial charge in [0.05, 0.1) is 0 Å². The van der Waals surface area contributed by atoms with Crippen LogP contribution in [0.25, 0.3) is 0 Å². The maximum atomic E-state index is 12.5. The lowest BCUT2D eigenvalue weighted by Crippen LogP contribution is -2.47. The second-order valence-corrected chi connectivity index (χ2v) is 6.39. The largest absolute Gasteiger partial charge is 0.396 e. The lowest BCUT2D eigenvalue weighted by atomic mass is 9.95. The maximum Gasteiger partial charge on any atom is 0.319 e. The Bertz CT molecular complexity index is 378. The van der Waals surface area contributed by atoms with Crippen LogP contribution in [-0.4, -0.2) is 78.6 Å². The van der Waals surface area contributed by atoms with E-state index in [1.165, 1.54) is 0 Å². The van der Waals surface area contributed by atoms with Gasteiger partial charge in [0.2, 0.25) is 5.91 Å². The first-order valence-electron chi connectivity index (χ1n) is 7.88. The van der Waals surface area contributed by atoms with Crippen LogP contribution in [0, 0.1) is 11.8 Å². The number of carbonyl (C=O) groups excluding carboxylic acids is 2. The first kappa shape index (κ1) is 16.1. The molecule has 2 aliphatic rings. The molecule has 0 saturated carbocycles. The summed E-state index contributed by atoms with van der Waals surface area (Å²) in [6.07, 6.45) is 3.32. The molecule has 0 spiro atoms. The van der Waals surface area contributed by atoms with Gasteiger partial charge in [-0.05, 0) is 31.6 Å². The minimum atomic E-state index is 0.0325. The van der Waals surface area contributed by atoms with E-state index in [1.807, 2.05) is 9.80 Å². The van der Waals surface area contributed by atoms with Crippen molar-refractivity contribution < 1.29 is 14.7 Å². The van der Waals surface area contributed by atoms with E-state index in [0.717, 1.165) is 38.8 Å². The van der Waals surface area contributed by atoms with Gasteiger partial charge in [-0.2, -0.15) is 0 Å². The highest BCUT2D eigenvalue weighted by molar-refractivity contribution is 5.80. The minimum absolute atomic E-state index is 0.0325. The van der Waals surface area contributed by atoms with E-state index in [-0.39, 0.29) is 24.5 Å². The predicted octanol–water partition coefficient (Wildman–Crippen LogP) is 0.611. The molecule has 6 heteroatoms. The van der Waals surface area contributed by atoms with Crippen LogP contribution in [-0.2, 0) is 4.79 Å². The van der Waals surface area contributed by atoms with Gasteiger partial charge in [0.15, 0.2) is 0 Å².